The monoisotopic (exact) mass is 373 g/mol. The van der Waals surface area contributed by atoms with Crippen molar-refractivity contribution in [2.75, 3.05) is 26.2 Å². The molecule has 1 spiro atoms. The van der Waals surface area contributed by atoms with Crippen LogP contribution in [0, 0.1) is 11.3 Å². The first-order valence-electron chi connectivity index (χ1n) is 9.90. The molecule has 2 heterocycles. The molecule has 2 amide bonds. The maximum atomic E-state index is 12.5. The Balaban J connectivity index is 1.48. The number of hydrogen-bond donors (Lipinski definition) is 1. The third-order valence-electron chi connectivity index (χ3n) is 6.04. The molecule has 6 nitrogen and oxygen atoms in total. The smallest absolute Gasteiger partial charge is 0.410 e. The number of likely N-dealkylation sites (tertiary alicyclic amines) is 2. The zero-order chi connectivity index (χ0) is 19.4. The molecule has 0 bridgehead atoms. The Morgan fingerprint density at radius 2 is 1.67 bits per heavy atom. The Hall–Kier alpha value is -2.08. The second-order valence-corrected chi connectivity index (χ2v) is 8.31. The van der Waals surface area contributed by atoms with Gasteiger partial charge in [0.2, 0.25) is 5.91 Å². The summed E-state index contributed by atoms with van der Waals surface area (Å²) < 4.78 is 5.47. The highest BCUT2D eigenvalue weighted by Crippen LogP contribution is 2.40. The number of rotatable bonds is 4. The molecular formula is C21H31N3O3. The van der Waals surface area contributed by atoms with E-state index in [1.165, 1.54) is 0 Å². The van der Waals surface area contributed by atoms with E-state index in [0.717, 1.165) is 51.0 Å². The molecule has 0 saturated carbocycles. The molecule has 27 heavy (non-hydrogen) atoms. The van der Waals surface area contributed by atoms with Crippen LogP contribution in [0.5, 0.6) is 0 Å². The van der Waals surface area contributed by atoms with Gasteiger partial charge in [-0.25, -0.2) is 4.79 Å². The van der Waals surface area contributed by atoms with Crippen molar-refractivity contribution in [3.8, 4) is 0 Å². The average Bonchev–Trinajstić information content (AvgIpc) is 3.10. The zero-order valence-corrected chi connectivity index (χ0v) is 16.4. The molecule has 1 aromatic rings. The van der Waals surface area contributed by atoms with Crippen molar-refractivity contribution >= 4 is 12.0 Å². The maximum Gasteiger partial charge on any atom is 0.410 e. The minimum absolute atomic E-state index is 0.0528. The molecule has 0 aromatic heterocycles. The second kappa shape index (κ2) is 8.30. The summed E-state index contributed by atoms with van der Waals surface area (Å²) in [4.78, 5) is 28.6. The molecule has 0 radical (unpaired) electrons. The highest BCUT2D eigenvalue weighted by Gasteiger charge is 2.43. The normalized spacial score (nSPS) is 20.1. The van der Waals surface area contributed by atoms with Crippen molar-refractivity contribution in [2.45, 2.75) is 45.8 Å². The molecule has 2 aliphatic heterocycles. The first kappa shape index (κ1) is 19.7. The second-order valence-electron chi connectivity index (χ2n) is 8.31. The van der Waals surface area contributed by atoms with Gasteiger partial charge in [0.25, 0.3) is 0 Å². The highest BCUT2D eigenvalue weighted by atomic mass is 16.6. The molecule has 2 aliphatic rings. The van der Waals surface area contributed by atoms with E-state index in [0.29, 0.717) is 6.61 Å². The third-order valence-corrected chi connectivity index (χ3v) is 6.04. The van der Waals surface area contributed by atoms with Gasteiger partial charge in [0.05, 0.1) is 6.04 Å². The zero-order valence-electron chi connectivity index (χ0n) is 16.4. The van der Waals surface area contributed by atoms with Crippen LogP contribution < -0.4 is 5.73 Å². The van der Waals surface area contributed by atoms with Gasteiger partial charge in [-0.05, 0) is 36.2 Å². The van der Waals surface area contributed by atoms with Gasteiger partial charge in [-0.2, -0.15) is 0 Å². The Kier molecular flexibility index (Phi) is 6.05. The Labute approximate surface area is 161 Å². The van der Waals surface area contributed by atoms with Gasteiger partial charge < -0.3 is 20.3 Å². The Bertz CT molecular complexity index is 654. The van der Waals surface area contributed by atoms with Gasteiger partial charge in [0.1, 0.15) is 6.61 Å². The molecule has 1 aromatic carbocycles. The van der Waals surface area contributed by atoms with E-state index in [1.807, 2.05) is 54.0 Å². The number of carbonyl (C=O) groups is 2. The van der Waals surface area contributed by atoms with Crippen LogP contribution in [0.2, 0.25) is 0 Å². The molecule has 3 rings (SSSR count). The summed E-state index contributed by atoms with van der Waals surface area (Å²) in [7, 11) is 0. The fraction of sp³-hybridized carbons (Fsp3) is 0.619. The van der Waals surface area contributed by atoms with Crippen LogP contribution in [-0.2, 0) is 16.1 Å². The van der Waals surface area contributed by atoms with Gasteiger partial charge in [0.15, 0.2) is 0 Å². The van der Waals surface area contributed by atoms with Crippen LogP contribution >= 0.6 is 0 Å². The molecule has 2 saturated heterocycles. The number of ether oxygens (including phenoxy) is 1. The largest absolute Gasteiger partial charge is 0.445 e. The van der Waals surface area contributed by atoms with Crippen molar-refractivity contribution in [1.29, 1.82) is 0 Å². The lowest BCUT2D eigenvalue weighted by Crippen LogP contribution is -2.51. The molecule has 0 unspecified atom stereocenters. The molecule has 148 valence electrons. The van der Waals surface area contributed by atoms with Crippen LogP contribution in [0.1, 0.15) is 38.7 Å². The van der Waals surface area contributed by atoms with Crippen LogP contribution in [-0.4, -0.2) is 54.0 Å². The van der Waals surface area contributed by atoms with Gasteiger partial charge in [-0.1, -0.05) is 44.2 Å². The van der Waals surface area contributed by atoms with Gasteiger partial charge in [0, 0.05) is 26.2 Å². The number of hydrogen-bond acceptors (Lipinski definition) is 4. The summed E-state index contributed by atoms with van der Waals surface area (Å²) in [6.07, 6.45) is 2.58. The maximum absolute atomic E-state index is 12.5. The summed E-state index contributed by atoms with van der Waals surface area (Å²) in [5.74, 6) is 0.201. The van der Waals surface area contributed by atoms with Crippen LogP contribution in [0.25, 0.3) is 0 Å². The van der Waals surface area contributed by atoms with Crippen LogP contribution in [0.15, 0.2) is 30.3 Å². The topological polar surface area (TPSA) is 75.9 Å². The molecule has 6 heteroatoms. The number of benzene rings is 1. The first-order chi connectivity index (χ1) is 12.9. The van der Waals surface area contributed by atoms with E-state index >= 15 is 0 Å². The number of piperidine rings is 1. The minimum atomic E-state index is -0.424. The third kappa shape index (κ3) is 4.61. The van der Waals surface area contributed by atoms with Gasteiger partial charge in [-0.3, -0.25) is 4.79 Å². The van der Waals surface area contributed by atoms with E-state index in [-0.39, 0.29) is 23.3 Å². The molecule has 0 aliphatic carbocycles. The van der Waals surface area contributed by atoms with Crippen LogP contribution in [0.3, 0.4) is 0 Å². The quantitative estimate of drug-likeness (QED) is 0.880. The Morgan fingerprint density at radius 3 is 2.26 bits per heavy atom. The van der Waals surface area contributed by atoms with E-state index in [1.54, 1.807) is 0 Å². The lowest BCUT2D eigenvalue weighted by atomic mass is 9.77. The predicted octanol–water partition coefficient (Wildman–Crippen LogP) is 2.62. The minimum Gasteiger partial charge on any atom is -0.445 e. The number of carbonyl (C=O) groups excluding carboxylic acids is 2. The summed E-state index contributed by atoms with van der Waals surface area (Å²) in [6.45, 7) is 7.16. The predicted molar refractivity (Wildman–Crippen MR) is 104 cm³/mol. The van der Waals surface area contributed by atoms with Gasteiger partial charge >= 0.3 is 6.09 Å². The molecule has 2 fully saturated rings. The highest BCUT2D eigenvalue weighted by molar-refractivity contribution is 5.82. The average molecular weight is 373 g/mol. The van der Waals surface area contributed by atoms with Crippen LogP contribution in [0.4, 0.5) is 4.79 Å². The summed E-state index contributed by atoms with van der Waals surface area (Å²) >= 11 is 0. The van der Waals surface area contributed by atoms with E-state index in [4.69, 9.17) is 10.5 Å². The van der Waals surface area contributed by atoms with E-state index < -0.39 is 6.04 Å². The van der Waals surface area contributed by atoms with Crippen molar-refractivity contribution in [2.24, 2.45) is 17.1 Å². The molecule has 2 N–H and O–H groups in total. The van der Waals surface area contributed by atoms with Crippen molar-refractivity contribution in [3.05, 3.63) is 35.9 Å². The Morgan fingerprint density at radius 1 is 1.07 bits per heavy atom. The summed E-state index contributed by atoms with van der Waals surface area (Å²) in [5.41, 5.74) is 7.13. The van der Waals surface area contributed by atoms with E-state index in [9.17, 15) is 9.59 Å². The number of nitrogens with two attached hydrogens (primary N) is 1. The summed E-state index contributed by atoms with van der Waals surface area (Å²) in [6, 6.07) is 9.30. The fourth-order valence-electron chi connectivity index (χ4n) is 4.01. The van der Waals surface area contributed by atoms with Crippen molar-refractivity contribution < 1.29 is 14.3 Å². The SMILES string of the molecule is CC(C)[C@@H](N)C(=O)N1CCC2(CCN(C(=O)OCc3ccccc3)C2)CC1. The van der Waals surface area contributed by atoms with Gasteiger partial charge in [-0.15, -0.1) is 0 Å². The standard InChI is InChI=1S/C21H31N3O3/c1-16(2)18(22)19(25)23-11-8-21(9-12-23)10-13-24(15-21)20(26)27-14-17-6-4-3-5-7-17/h3-7,16,18H,8-15,22H2,1-2H3/t18-/m1/s1. The molecule has 1 atom stereocenters. The van der Waals surface area contributed by atoms with E-state index in [2.05, 4.69) is 0 Å². The van der Waals surface area contributed by atoms with Crippen molar-refractivity contribution in [3.63, 3.8) is 0 Å². The number of amides is 2. The lowest BCUT2D eigenvalue weighted by Gasteiger charge is -2.40. The summed E-state index contributed by atoms with van der Waals surface area (Å²) in [5, 5.41) is 0. The lowest BCUT2D eigenvalue weighted by molar-refractivity contribution is -0.135. The number of nitrogens with zero attached hydrogens (tertiary/aromatic N) is 2. The molecular weight excluding hydrogens is 342 g/mol. The van der Waals surface area contributed by atoms with Crippen molar-refractivity contribution in [1.82, 2.24) is 9.80 Å². The first-order valence-corrected chi connectivity index (χ1v) is 9.90. The fourth-order valence-corrected chi connectivity index (χ4v) is 4.01.